The number of anilines is 1. The molecule has 12 heteroatoms. The normalized spacial score (nSPS) is 23.5. The average molecular weight is 423 g/mol. The number of phosphoric ester groups is 1. The minimum absolute atomic E-state index is 0.113. The molecule has 1 aromatic carbocycles. The van der Waals surface area contributed by atoms with E-state index >= 15 is 0 Å². The summed E-state index contributed by atoms with van der Waals surface area (Å²) in [5.41, 5.74) is 6.79. The molecular weight excluding hydrogens is 404 g/mol. The van der Waals surface area contributed by atoms with Gasteiger partial charge in [0.1, 0.15) is 11.8 Å². The first-order valence-corrected chi connectivity index (χ1v) is 10.3. The highest BCUT2D eigenvalue weighted by Gasteiger charge is 2.44. The summed E-state index contributed by atoms with van der Waals surface area (Å²) in [5, 5.41) is 9.59. The van der Waals surface area contributed by atoms with Gasteiger partial charge in [0, 0.05) is 18.6 Å². The molecule has 154 valence electrons. The molecule has 4 atom stereocenters. The van der Waals surface area contributed by atoms with Crippen molar-refractivity contribution in [3.8, 4) is 5.75 Å². The second-order valence-corrected chi connectivity index (χ2v) is 8.16. The fourth-order valence-corrected chi connectivity index (χ4v) is 4.33. The third kappa shape index (κ3) is 3.82. The Hall–Kier alpha value is -2.59. The number of hydrogen-bond acceptors (Lipinski definition) is 8. The second-order valence-electron chi connectivity index (χ2n) is 6.78. The van der Waals surface area contributed by atoms with Crippen LogP contribution in [0.1, 0.15) is 12.5 Å². The maximum absolute atomic E-state index is 13.7. The summed E-state index contributed by atoms with van der Waals surface area (Å²) >= 11 is 0. The molecule has 4 N–H and O–H groups in total. The molecule has 1 aliphatic carbocycles. The lowest BCUT2D eigenvalue weighted by atomic mass is 9.70. The summed E-state index contributed by atoms with van der Waals surface area (Å²) in [5.74, 6) is -1.36. The number of halogens is 1. The Bertz CT molecular complexity index is 1080. The average Bonchev–Trinajstić information content (AvgIpc) is 3.08. The van der Waals surface area contributed by atoms with Crippen molar-refractivity contribution in [1.82, 2.24) is 19.5 Å². The molecule has 4 unspecified atom stereocenters. The van der Waals surface area contributed by atoms with Crippen molar-refractivity contribution in [1.29, 1.82) is 0 Å². The van der Waals surface area contributed by atoms with E-state index in [-0.39, 0.29) is 42.7 Å². The number of aliphatic hydroxyl groups excluding tert-OH is 1. The van der Waals surface area contributed by atoms with E-state index in [9.17, 15) is 19.0 Å². The topological polar surface area (TPSA) is 146 Å². The zero-order chi connectivity index (χ0) is 20.6. The van der Waals surface area contributed by atoms with Gasteiger partial charge in [-0.05, 0) is 24.5 Å². The van der Waals surface area contributed by atoms with E-state index in [0.717, 1.165) is 6.07 Å². The number of hydrogen-bond donors (Lipinski definition) is 3. The standard InChI is InChI=1S/C17H19FN5O5P/c18-12-3-1-2-4-14(12)28-29(25,26)27-7-11-10(6-24)5-13(11)23-9-22-15-16(19)20-8-21-17(15)23/h1-4,8-11,13,24H,5-7H2,(H,25,26)(H2,19,20,21). The van der Waals surface area contributed by atoms with Gasteiger partial charge in [0.05, 0.1) is 12.9 Å². The third-order valence-corrected chi connectivity index (χ3v) is 6.01. The lowest BCUT2D eigenvalue weighted by Gasteiger charge is -2.44. The molecule has 2 heterocycles. The summed E-state index contributed by atoms with van der Waals surface area (Å²) in [7, 11) is -4.56. The van der Waals surface area contributed by atoms with Crippen molar-refractivity contribution in [3.63, 3.8) is 0 Å². The lowest BCUT2D eigenvalue weighted by Crippen LogP contribution is -2.43. The monoisotopic (exact) mass is 423 g/mol. The highest BCUT2D eigenvalue weighted by molar-refractivity contribution is 7.47. The molecule has 0 radical (unpaired) electrons. The van der Waals surface area contributed by atoms with Crippen LogP contribution in [0.25, 0.3) is 11.2 Å². The highest BCUT2D eigenvalue weighted by atomic mass is 31.2. The third-order valence-electron chi connectivity index (χ3n) is 5.10. The molecule has 10 nitrogen and oxygen atoms in total. The van der Waals surface area contributed by atoms with Crippen molar-refractivity contribution >= 4 is 24.8 Å². The summed E-state index contributed by atoms with van der Waals surface area (Å²) < 4.78 is 37.6. The van der Waals surface area contributed by atoms with E-state index in [4.69, 9.17) is 14.8 Å². The van der Waals surface area contributed by atoms with Crippen LogP contribution in [0.4, 0.5) is 10.2 Å². The van der Waals surface area contributed by atoms with Crippen LogP contribution in [0.5, 0.6) is 5.75 Å². The number of phosphoric acid groups is 1. The first-order chi connectivity index (χ1) is 13.9. The minimum Gasteiger partial charge on any atom is -0.401 e. The molecule has 1 fully saturated rings. The van der Waals surface area contributed by atoms with Crippen molar-refractivity contribution in [2.24, 2.45) is 11.8 Å². The molecule has 1 aliphatic rings. The van der Waals surface area contributed by atoms with E-state index in [1.54, 1.807) is 10.9 Å². The van der Waals surface area contributed by atoms with Gasteiger partial charge in [-0.25, -0.2) is 23.9 Å². The first-order valence-electron chi connectivity index (χ1n) is 8.85. The summed E-state index contributed by atoms with van der Waals surface area (Å²) in [6, 6.07) is 5.06. The number of aliphatic hydroxyl groups is 1. The van der Waals surface area contributed by atoms with Gasteiger partial charge in [-0.15, -0.1) is 0 Å². The van der Waals surface area contributed by atoms with E-state index < -0.39 is 13.6 Å². The fraction of sp³-hybridized carbons (Fsp3) is 0.353. The quantitative estimate of drug-likeness (QED) is 0.485. The zero-order valence-electron chi connectivity index (χ0n) is 15.1. The number of nitrogen functional groups attached to an aromatic ring is 1. The molecule has 0 amide bonds. The van der Waals surface area contributed by atoms with Crippen LogP contribution in [-0.2, 0) is 9.09 Å². The van der Waals surface area contributed by atoms with Crippen LogP contribution >= 0.6 is 7.82 Å². The number of aromatic nitrogens is 4. The van der Waals surface area contributed by atoms with Crippen LogP contribution in [0, 0.1) is 17.7 Å². The minimum atomic E-state index is -4.56. The second kappa shape index (κ2) is 7.68. The Morgan fingerprint density at radius 3 is 2.86 bits per heavy atom. The number of nitrogens with two attached hydrogens (primary N) is 1. The van der Waals surface area contributed by atoms with Crippen LogP contribution in [0.3, 0.4) is 0 Å². The molecule has 0 saturated heterocycles. The molecule has 0 spiro atoms. The smallest absolute Gasteiger partial charge is 0.401 e. The SMILES string of the molecule is Nc1ncnc2c1ncn2C1CC(CO)C1COP(=O)(O)Oc1ccccc1F. The molecule has 4 rings (SSSR count). The molecule has 0 bridgehead atoms. The van der Waals surface area contributed by atoms with Gasteiger partial charge in [0.2, 0.25) is 0 Å². The summed E-state index contributed by atoms with van der Waals surface area (Å²) in [4.78, 5) is 22.3. The largest absolute Gasteiger partial charge is 0.527 e. The van der Waals surface area contributed by atoms with Crippen LogP contribution in [0.2, 0.25) is 0 Å². The summed E-state index contributed by atoms with van der Waals surface area (Å²) in [6.07, 6.45) is 3.49. The Labute approximate surface area is 164 Å². The molecule has 3 aromatic rings. The van der Waals surface area contributed by atoms with Gasteiger partial charge in [0.15, 0.2) is 23.0 Å². The maximum atomic E-state index is 13.7. The van der Waals surface area contributed by atoms with Crippen molar-refractivity contribution in [3.05, 3.63) is 42.7 Å². The molecule has 1 saturated carbocycles. The number of nitrogens with zero attached hydrogens (tertiary/aromatic N) is 4. The van der Waals surface area contributed by atoms with Crippen LogP contribution in [0.15, 0.2) is 36.9 Å². The van der Waals surface area contributed by atoms with Gasteiger partial charge in [-0.1, -0.05) is 12.1 Å². The Morgan fingerprint density at radius 2 is 2.10 bits per heavy atom. The van der Waals surface area contributed by atoms with E-state index in [0.29, 0.717) is 17.6 Å². The molecule has 29 heavy (non-hydrogen) atoms. The van der Waals surface area contributed by atoms with E-state index in [2.05, 4.69) is 15.0 Å². The number of benzene rings is 1. The highest BCUT2D eigenvalue weighted by Crippen LogP contribution is 2.50. The number of para-hydroxylation sites is 1. The fourth-order valence-electron chi connectivity index (χ4n) is 3.52. The van der Waals surface area contributed by atoms with Gasteiger partial charge in [-0.2, -0.15) is 0 Å². The van der Waals surface area contributed by atoms with Gasteiger partial charge >= 0.3 is 7.82 Å². The predicted molar refractivity (Wildman–Crippen MR) is 100 cm³/mol. The summed E-state index contributed by atoms with van der Waals surface area (Å²) in [6.45, 7) is -0.295. The van der Waals surface area contributed by atoms with Crippen molar-refractivity contribution in [2.45, 2.75) is 12.5 Å². The maximum Gasteiger partial charge on any atom is 0.527 e. The van der Waals surface area contributed by atoms with E-state index in [1.165, 1.54) is 24.5 Å². The van der Waals surface area contributed by atoms with Crippen LogP contribution in [-0.4, -0.2) is 42.7 Å². The van der Waals surface area contributed by atoms with Crippen molar-refractivity contribution < 1.29 is 28.0 Å². The number of fused-ring (bicyclic) bond motifs is 1. The predicted octanol–water partition coefficient (Wildman–Crippen LogP) is 1.91. The van der Waals surface area contributed by atoms with Crippen molar-refractivity contribution in [2.75, 3.05) is 18.9 Å². The Balaban J connectivity index is 1.49. The van der Waals surface area contributed by atoms with Gasteiger partial charge in [-0.3, -0.25) is 9.42 Å². The number of rotatable bonds is 7. The van der Waals surface area contributed by atoms with Gasteiger partial charge < -0.3 is 19.9 Å². The molecule has 2 aromatic heterocycles. The first kappa shape index (κ1) is 19.7. The molecular formula is C17H19FN5O5P. The lowest BCUT2D eigenvalue weighted by molar-refractivity contribution is -0.00484. The Morgan fingerprint density at radius 1 is 1.31 bits per heavy atom. The van der Waals surface area contributed by atoms with Gasteiger partial charge in [0.25, 0.3) is 0 Å². The van der Waals surface area contributed by atoms with Crippen LogP contribution < -0.4 is 10.3 Å². The zero-order valence-corrected chi connectivity index (χ0v) is 16.0. The molecule has 0 aliphatic heterocycles. The van der Waals surface area contributed by atoms with E-state index in [1.807, 2.05) is 0 Å². The number of imidazole rings is 1. The Kier molecular flexibility index (Phi) is 5.22.